The summed E-state index contributed by atoms with van der Waals surface area (Å²) in [5, 5.41) is 0.247. The number of nitrogens with zero attached hydrogens (tertiary/aromatic N) is 5. The number of carbonyl (C=O) groups is 1. The minimum atomic E-state index is -4.81. The van der Waals surface area contributed by atoms with Crippen molar-refractivity contribution >= 4 is 61.1 Å². The molecular weight excluding hydrogens is 616 g/mol. The first-order chi connectivity index (χ1) is 20.8. The Labute approximate surface area is 257 Å². The van der Waals surface area contributed by atoms with Gasteiger partial charge in [-0.05, 0) is 56.4 Å². The van der Waals surface area contributed by atoms with Crippen LogP contribution in [0.15, 0.2) is 40.5 Å². The molecule has 7 rings (SSSR count). The van der Waals surface area contributed by atoms with Gasteiger partial charge in [-0.15, -0.1) is 11.8 Å². The smallest absolute Gasteiger partial charge is 0.375 e. The van der Waals surface area contributed by atoms with E-state index in [0.29, 0.717) is 22.7 Å². The topological polar surface area (TPSA) is 97.4 Å². The molecule has 14 heteroatoms. The van der Waals surface area contributed by atoms with Gasteiger partial charge < -0.3 is 15.5 Å². The van der Waals surface area contributed by atoms with Crippen molar-refractivity contribution in [1.82, 2.24) is 19.4 Å². The molecule has 4 heterocycles. The van der Waals surface area contributed by atoms with E-state index in [4.69, 9.17) is 5.73 Å². The number of halogens is 4. The molecule has 1 saturated carbocycles. The van der Waals surface area contributed by atoms with E-state index in [1.807, 2.05) is 13.8 Å². The number of piperazine rings is 1. The van der Waals surface area contributed by atoms with Crippen molar-refractivity contribution in [3.63, 3.8) is 0 Å². The summed E-state index contributed by atoms with van der Waals surface area (Å²) in [6.45, 7) is 8.15. The molecule has 2 N–H and O–H groups in total. The van der Waals surface area contributed by atoms with Gasteiger partial charge in [-0.25, -0.2) is 14.2 Å². The molecule has 2 aromatic heterocycles. The van der Waals surface area contributed by atoms with Gasteiger partial charge in [0.25, 0.3) is 0 Å². The fourth-order valence-corrected chi connectivity index (χ4v) is 9.04. The van der Waals surface area contributed by atoms with E-state index in [9.17, 15) is 14.0 Å². The maximum absolute atomic E-state index is 15.1. The molecule has 0 bridgehead atoms. The Kier molecular flexibility index (Phi) is 6.56. The average molecular weight is 645 g/mol. The van der Waals surface area contributed by atoms with Crippen molar-refractivity contribution in [2.75, 3.05) is 29.5 Å². The molecule has 1 spiro atoms. The third-order valence-corrected chi connectivity index (χ3v) is 11.2. The van der Waals surface area contributed by atoms with Crippen LogP contribution in [-0.4, -0.2) is 56.3 Å². The van der Waals surface area contributed by atoms with Gasteiger partial charge in [0.15, 0.2) is 5.13 Å². The minimum absolute atomic E-state index is 0.0388. The number of amides is 1. The molecule has 2 aromatic carbocycles. The zero-order valence-corrected chi connectivity index (χ0v) is 25.5. The number of hydrogen-bond acceptors (Lipinski definition) is 8. The standard InChI is InChI=1S/C30H28F4N6O2S2/c1-4-20(41)40-14(2)10-38(11-15(40)3)26-17-9-18(30(32,33)34)21(16-5-6-19(31)24-22(16)36-27(35)44-24)25-23(17)39(28(42)37-26)12-29(7-8-29)13-43-25/h4-6,9,14-15H,1,7-8,10-13H2,2-3H3,(H2,35,36)/t14-,15+. The van der Waals surface area contributed by atoms with Crippen LogP contribution in [0, 0.1) is 11.2 Å². The van der Waals surface area contributed by atoms with Crippen LogP contribution in [0.5, 0.6) is 0 Å². The third kappa shape index (κ3) is 4.47. The number of hydrogen-bond donors (Lipinski definition) is 1. The molecular formula is C30H28F4N6O2S2. The molecule has 1 saturated heterocycles. The van der Waals surface area contributed by atoms with Gasteiger partial charge in [0.05, 0.1) is 21.3 Å². The number of fused-ring (bicyclic) bond motifs is 1. The lowest BCUT2D eigenvalue weighted by atomic mass is 9.95. The van der Waals surface area contributed by atoms with Crippen LogP contribution in [0.2, 0.25) is 0 Å². The van der Waals surface area contributed by atoms with Crippen molar-refractivity contribution in [1.29, 1.82) is 0 Å². The number of alkyl halides is 3. The van der Waals surface area contributed by atoms with E-state index >= 15 is 13.2 Å². The lowest BCUT2D eigenvalue weighted by Gasteiger charge is -2.44. The second-order valence-electron chi connectivity index (χ2n) is 12.0. The molecule has 230 valence electrons. The molecule has 2 aliphatic heterocycles. The molecule has 2 atom stereocenters. The van der Waals surface area contributed by atoms with Gasteiger partial charge in [-0.2, -0.15) is 18.2 Å². The predicted molar refractivity (Wildman–Crippen MR) is 165 cm³/mol. The average Bonchev–Trinajstić information content (AvgIpc) is 3.65. The van der Waals surface area contributed by atoms with Crippen molar-refractivity contribution < 1.29 is 22.4 Å². The summed E-state index contributed by atoms with van der Waals surface area (Å²) in [5.41, 5.74) is 4.61. The van der Waals surface area contributed by atoms with Crippen LogP contribution in [-0.2, 0) is 17.5 Å². The molecule has 0 radical (unpaired) electrons. The van der Waals surface area contributed by atoms with E-state index in [1.165, 1.54) is 28.5 Å². The quantitative estimate of drug-likeness (QED) is 0.219. The van der Waals surface area contributed by atoms with Crippen LogP contribution in [0.1, 0.15) is 32.3 Å². The lowest BCUT2D eigenvalue weighted by molar-refractivity contribution is -0.137. The molecule has 4 aromatic rings. The second kappa shape index (κ2) is 9.93. The van der Waals surface area contributed by atoms with E-state index in [2.05, 4.69) is 16.5 Å². The number of rotatable bonds is 3. The Hall–Kier alpha value is -3.65. The number of nitrogen functional groups attached to an aromatic ring is 1. The summed E-state index contributed by atoms with van der Waals surface area (Å²) in [7, 11) is 0. The molecule has 1 amide bonds. The summed E-state index contributed by atoms with van der Waals surface area (Å²) in [4.78, 5) is 38.8. The highest BCUT2D eigenvalue weighted by molar-refractivity contribution is 7.99. The van der Waals surface area contributed by atoms with Crippen LogP contribution < -0.4 is 16.3 Å². The van der Waals surface area contributed by atoms with Crippen molar-refractivity contribution in [2.45, 2.75) is 56.4 Å². The Morgan fingerprint density at radius 1 is 1.18 bits per heavy atom. The molecule has 44 heavy (non-hydrogen) atoms. The summed E-state index contributed by atoms with van der Waals surface area (Å²) in [6.07, 6.45) is -1.87. The number of benzene rings is 2. The largest absolute Gasteiger partial charge is 0.417 e. The summed E-state index contributed by atoms with van der Waals surface area (Å²) >= 11 is 2.17. The number of thioether (sulfide) groups is 1. The number of aromatic nitrogens is 3. The minimum Gasteiger partial charge on any atom is -0.375 e. The van der Waals surface area contributed by atoms with E-state index < -0.39 is 23.2 Å². The van der Waals surface area contributed by atoms with Gasteiger partial charge >= 0.3 is 11.9 Å². The zero-order valence-electron chi connectivity index (χ0n) is 23.9. The maximum Gasteiger partial charge on any atom is 0.417 e. The lowest BCUT2D eigenvalue weighted by Crippen LogP contribution is -2.58. The van der Waals surface area contributed by atoms with E-state index in [-0.39, 0.29) is 74.2 Å². The first-order valence-corrected chi connectivity index (χ1v) is 16.0. The Balaban J connectivity index is 1.54. The Bertz CT molecular complexity index is 1940. The van der Waals surface area contributed by atoms with E-state index in [1.54, 1.807) is 9.80 Å². The van der Waals surface area contributed by atoms with Crippen LogP contribution in [0.25, 0.3) is 32.2 Å². The van der Waals surface area contributed by atoms with Crippen LogP contribution in [0.4, 0.5) is 28.5 Å². The van der Waals surface area contributed by atoms with E-state index in [0.717, 1.165) is 36.3 Å². The summed E-state index contributed by atoms with van der Waals surface area (Å²) in [5.74, 6) is -0.191. The summed E-state index contributed by atoms with van der Waals surface area (Å²) in [6, 6.07) is 2.89. The van der Waals surface area contributed by atoms with Crippen molar-refractivity contribution in [2.24, 2.45) is 5.41 Å². The molecule has 2 fully saturated rings. The SMILES string of the molecule is C=CC(=O)N1[C@H](C)CN(c2nc(=O)n3c4c(c(-c5ccc(F)c6sc(N)nc56)c(C(F)(F)F)cc24)SCC2(CC2)C3)C[C@@H]1C. The molecule has 3 aliphatic rings. The zero-order chi connectivity index (χ0) is 31.3. The molecule has 8 nitrogen and oxygen atoms in total. The first kappa shape index (κ1) is 29.1. The monoisotopic (exact) mass is 644 g/mol. The fourth-order valence-electron chi connectivity index (χ4n) is 6.73. The molecule has 1 aliphatic carbocycles. The van der Waals surface area contributed by atoms with Gasteiger partial charge in [0.2, 0.25) is 5.91 Å². The van der Waals surface area contributed by atoms with Gasteiger partial charge in [-0.1, -0.05) is 17.9 Å². The number of anilines is 2. The van der Waals surface area contributed by atoms with Gasteiger partial charge in [0.1, 0.15) is 11.6 Å². The van der Waals surface area contributed by atoms with Crippen molar-refractivity contribution in [3.05, 3.63) is 52.7 Å². The maximum atomic E-state index is 15.1. The van der Waals surface area contributed by atoms with Crippen LogP contribution >= 0.6 is 23.1 Å². The number of carbonyl (C=O) groups excluding carboxylic acids is 1. The van der Waals surface area contributed by atoms with Crippen LogP contribution in [0.3, 0.4) is 0 Å². The fraction of sp³-hybridized carbons (Fsp3) is 0.400. The Morgan fingerprint density at radius 3 is 2.52 bits per heavy atom. The number of nitrogens with two attached hydrogens (primary N) is 1. The molecule has 0 unspecified atom stereocenters. The third-order valence-electron chi connectivity index (χ3n) is 8.91. The van der Waals surface area contributed by atoms with Crippen molar-refractivity contribution in [3.8, 4) is 11.1 Å². The van der Waals surface area contributed by atoms with Gasteiger partial charge in [0, 0.05) is 58.9 Å². The first-order valence-electron chi connectivity index (χ1n) is 14.2. The normalized spacial score (nSPS) is 21.2. The number of thiazole rings is 1. The summed E-state index contributed by atoms with van der Waals surface area (Å²) < 4.78 is 61.7. The highest BCUT2D eigenvalue weighted by Gasteiger charge is 2.47. The highest BCUT2D eigenvalue weighted by atomic mass is 32.2. The predicted octanol–water partition coefficient (Wildman–Crippen LogP) is 5.91. The Morgan fingerprint density at radius 2 is 1.89 bits per heavy atom. The highest BCUT2D eigenvalue weighted by Crippen LogP contribution is 2.56. The van der Waals surface area contributed by atoms with Gasteiger partial charge in [-0.3, -0.25) is 9.36 Å². The second-order valence-corrected chi connectivity index (χ2v) is 14.0.